The zero-order chi connectivity index (χ0) is 13.1. The molecule has 0 amide bonds. The van der Waals surface area contributed by atoms with Gasteiger partial charge in [0.15, 0.2) is 0 Å². The normalized spacial score (nSPS) is 15.4. The Balaban J connectivity index is 2.94. The van der Waals surface area contributed by atoms with Gasteiger partial charge >= 0.3 is 0 Å². The van der Waals surface area contributed by atoms with E-state index < -0.39 is 32.3 Å². The maximum atomic E-state index is 11.8. The largest absolute Gasteiger partial charge is 0.366 e. The fourth-order valence-corrected chi connectivity index (χ4v) is 3.51. The van der Waals surface area contributed by atoms with Gasteiger partial charge in [-0.25, -0.2) is 13.1 Å². The molecule has 1 rings (SSSR count). The van der Waals surface area contributed by atoms with Crippen LogP contribution in [0, 0.1) is 0 Å². The van der Waals surface area contributed by atoms with E-state index in [9.17, 15) is 17.4 Å². The van der Waals surface area contributed by atoms with Gasteiger partial charge in [-0.1, -0.05) is 0 Å². The summed E-state index contributed by atoms with van der Waals surface area (Å²) in [5.74, 6) is 0.198. The molecule has 0 saturated carbocycles. The van der Waals surface area contributed by atoms with Crippen molar-refractivity contribution in [1.29, 1.82) is 0 Å². The summed E-state index contributed by atoms with van der Waals surface area (Å²) in [4.78, 5) is 13.6. The number of pyridine rings is 1. The van der Waals surface area contributed by atoms with Crippen LogP contribution in [-0.4, -0.2) is 35.7 Å². The number of aromatic nitrogens is 1. The van der Waals surface area contributed by atoms with Crippen molar-refractivity contribution >= 4 is 20.8 Å². The molecule has 0 bridgehead atoms. The molecule has 1 aromatic heterocycles. The molecule has 0 fully saturated rings. The summed E-state index contributed by atoms with van der Waals surface area (Å²) < 4.78 is 36.9. The molecule has 6 nitrogen and oxygen atoms in total. The number of nitrogens with one attached hydrogen (secondary N) is 2. The third kappa shape index (κ3) is 4.06. The van der Waals surface area contributed by atoms with E-state index in [-0.39, 0.29) is 10.6 Å². The van der Waals surface area contributed by atoms with Gasteiger partial charge in [0.25, 0.3) is 0 Å². The second kappa shape index (κ2) is 5.56. The molecule has 0 aromatic carbocycles. The zero-order valence-corrected chi connectivity index (χ0v) is 11.1. The molecule has 96 valence electrons. The number of hydrogen-bond donors (Lipinski definition) is 2. The van der Waals surface area contributed by atoms with Crippen LogP contribution in [-0.2, 0) is 20.8 Å². The Morgan fingerprint density at radius 2 is 2.18 bits per heavy atom. The zero-order valence-electron chi connectivity index (χ0n) is 9.47. The summed E-state index contributed by atoms with van der Waals surface area (Å²) in [5, 5.41) is 0. The van der Waals surface area contributed by atoms with Crippen LogP contribution in [0.4, 0.5) is 0 Å². The highest BCUT2D eigenvalue weighted by molar-refractivity contribution is 7.89. The number of sulfonamides is 1. The Labute approximate surface area is 102 Å². The van der Waals surface area contributed by atoms with E-state index in [2.05, 4.69) is 9.71 Å². The number of hydrogen-bond acceptors (Lipinski definition) is 4. The Hall–Kier alpha value is -0.990. The first-order chi connectivity index (χ1) is 7.83. The summed E-state index contributed by atoms with van der Waals surface area (Å²) in [7, 11) is -4.97. The molecule has 0 spiro atoms. The van der Waals surface area contributed by atoms with Crippen molar-refractivity contribution in [2.24, 2.45) is 0 Å². The lowest BCUT2D eigenvalue weighted by Gasteiger charge is -2.12. The minimum Gasteiger partial charge on any atom is -0.366 e. The number of aromatic amines is 1. The van der Waals surface area contributed by atoms with Crippen molar-refractivity contribution in [2.75, 3.05) is 12.0 Å². The molecule has 17 heavy (non-hydrogen) atoms. The highest BCUT2D eigenvalue weighted by atomic mass is 32.2. The first kappa shape index (κ1) is 14.1. The SMILES string of the molecule is CC(CS(C)=O)NS(=O)(=O)c1c[nH]ccc1=O. The van der Waals surface area contributed by atoms with Crippen molar-refractivity contribution < 1.29 is 12.6 Å². The van der Waals surface area contributed by atoms with E-state index in [0.29, 0.717) is 0 Å². The fraction of sp³-hybridized carbons (Fsp3) is 0.444. The molecule has 0 saturated heterocycles. The molecule has 2 N–H and O–H groups in total. The van der Waals surface area contributed by atoms with Crippen molar-refractivity contribution in [3.63, 3.8) is 0 Å². The van der Waals surface area contributed by atoms with Gasteiger partial charge in [0, 0.05) is 47.3 Å². The highest BCUT2D eigenvalue weighted by Gasteiger charge is 2.20. The quantitative estimate of drug-likeness (QED) is 0.753. The average molecular weight is 278 g/mol. The average Bonchev–Trinajstić information content (AvgIpc) is 2.15. The van der Waals surface area contributed by atoms with Crippen LogP contribution in [0.1, 0.15) is 6.92 Å². The van der Waals surface area contributed by atoms with Crippen LogP contribution < -0.4 is 10.2 Å². The summed E-state index contributed by atoms with van der Waals surface area (Å²) in [5.41, 5.74) is -0.582. The predicted molar refractivity (Wildman–Crippen MR) is 65.8 cm³/mol. The summed E-state index contributed by atoms with van der Waals surface area (Å²) in [6.07, 6.45) is 3.96. The van der Waals surface area contributed by atoms with E-state index in [1.54, 1.807) is 6.92 Å². The van der Waals surface area contributed by atoms with Gasteiger partial charge < -0.3 is 4.98 Å². The molecule has 2 unspecified atom stereocenters. The van der Waals surface area contributed by atoms with Crippen molar-refractivity contribution in [3.8, 4) is 0 Å². The Morgan fingerprint density at radius 1 is 1.53 bits per heavy atom. The second-order valence-corrected chi connectivity index (χ2v) is 6.80. The van der Waals surface area contributed by atoms with Crippen molar-refractivity contribution in [2.45, 2.75) is 17.9 Å². The van der Waals surface area contributed by atoms with Crippen LogP contribution >= 0.6 is 0 Å². The van der Waals surface area contributed by atoms with Crippen LogP contribution in [0.3, 0.4) is 0 Å². The Morgan fingerprint density at radius 3 is 2.71 bits per heavy atom. The standard InChI is InChI=1S/C9H14N2O4S2/c1-7(6-16(2)13)11-17(14,15)9-5-10-4-3-8(9)12/h3-5,7,11H,6H2,1-2H3,(H,10,12). The molecule has 0 aliphatic rings. The topological polar surface area (TPSA) is 96.1 Å². The van der Waals surface area contributed by atoms with Crippen LogP contribution in [0.15, 0.2) is 28.2 Å². The smallest absolute Gasteiger partial charge is 0.246 e. The van der Waals surface area contributed by atoms with Crippen LogP contribution in [0.2, 0.25) is 0 Å². The van der Waals surface area contributed by atoms with Crippen molar-refractivity contribution in [3.05, 3.63) is 28.7 Å². The molecule has 0 aliphatic carbocycles. The van der Waals surface area contributed by atoms with Gasteiger partial charge in [0.05, 0.1) is 0 Å². The third-order valence-corrected chi connectivity index (χ3v) is 4.50. The molecule has 0 radical (unpaired) electrons. The lowest BCUT2D eigenvalue weighted by atomic mass is 10.4. The lowest BCUT2D eigenvalue weighted by molar-refractivity contribution is 0.569. The summed E-state index contributed by atoms with van der Waals surface area (Å²) in [6.45, 7) is 1.59. The second-order valence-electron chi connectivity index (χ2n) is 3.64. The van der Waals surface area contributed by atoms with Gasteiger partial charge in [-0.2, -0.15) is 0 Å². The van der Waals surface area contributed by atoms with Gasteiger partial charge in [0.1, 0.15) is 4.90 Å². The molecule has 1 heterocycles. The van der Waals surface area contributed by atoms with Crippen LogP contribution in [0.5, 0.6) is 0 Å². The maximum Gasteiger partial charge on any atom is 0.246 e. The predicted octanol–water partition coefficient (Wildman–Crippen LogP) is -0.580. The summed E-state index contributed by atoms with van der Waals surface area (Å²) >= 11 is 0. The van der Waals surface area contributed by atoms with E-state index in [0.717, 1.165) is 12.3 Å². The molecule has 8 heteroatoms. The van der Waals surface area contributed by atoms with Crippen molar-refractivity contribution in [1.82, 2.24) is 9.71 Å². The lowest BCUT2D eigenvalue weighted by Crippen LogP contribution is -2.38. The van der Waals surface area contributed by atoms with Crippen LogP contribution in [0.25, 0.3) is 0 Å². The van der Waals surface area contributed by atoms with Gasteiger partial charge in [-0.3, -0.25) is 9.00 Å². The molecule has 1 aromatic rings. The Bertz CT molecular complexity index is 564. The third-order valence-electron chi connectivity index (χ3n) is 1.92. The molecule has 2 atom stereocenters. The molecular formula is C9H14N2O4S2. The van der Waals surface area contributed by atoms with E-state index >= 15 is 0 Å². The summed E-state index contributed by atoms with van der Waals surface area (Å²) in [6, 6.07) is 0.641. The first-order valence-electron chi connectivity index (χ1n) is 4.82. The monoisotopic (exact) mass is 278 g/mol. The van der Waals surface area contributed by atoms with E-state index in [1.165, 1.54) is 12.5 Å². The van der Waals surface area contributed by atoms with Gasteiger partial charge in [-0.05, 0) is 6.92 Å². The highest BCUT2D eigenvalue weighted by Crippen LogP contribution is 2.01. The van der Waals surface area contributed by atoms with Gasteiger partial charge in [-0.15, -0.1) is 0 Å². The minimum atomic E-state index is -3.86. The maximum absolute atomic E-state index is 11.8. The number of H-pyrrole nitrogens is 1. The number of rotatable bonds is 5. The van der Waals surface area contributed by atoms with E-state index in [4.69, 9.17) is 0 Å². The minimum absolute atomic E-state index is 0.198. The Kier molecular flexibility index (Phi) is 4.61. The first-order valence-corrected chi connectivity index (χ1v) is 8.03. The van der Waals surface area contributed by atoms with Gasteiger partial charge in [0.2, 0.25) is 15.5 Å². The molecule has 0 aliphatic heterocycles. The molecular weight excluding hydrogens is 264 g/mol. The van der Waals surface area contributed by atoms with E-state index in [1.807, 2.05) is 0 Å². The fourth-order valence-electron chi connectivity index (χ4n) is 1.33.